The number of hydrogen-bond donors (Lipinski definition) is 2. The first-order valence-corrected chi connectivity index (χ1v) is 9.39. The molecule has 0 spiro atoms. The van der Waals surface area contributed by atoms with Gasteiger partial charge >= 0.3 is 5.97 Å². The molecule has 2 aromatic carbocycles. The molecule has 2 fully saturated rings. The Morgan fingerprint density at radius 2 is 1.96 bits per heavy atom. The first kappa shape index (κ1) is 15.3. The third kappa shape index (κ3) is 2.29. The molecule has 2 N–H and O–H groups in total. The number of carboxylic acids is 1. The Morgan fingerprint density at radius 3 is 2.76 bits per heavy atom. The third-order valence-electron chi connectivity index (χ3n) is 6.54. The molecule has 3 aliphatic rings. The Balaban J connectivity index is 1.64. The average molecular weight is 354 g/mol. The lowest BCUT2D eigenvalue weighted by atomic mass is 9.68. The van der Waals surface area contributed by atoms with Crippen molar-refractivity contribution in [2.75, 3.05) is 5.32 Å². The van der Waals surface area contributed by atoms with Gasteiger partial charge < -0.3 is 10.4 Å². The van der Waals surface area contributed by atoms with Crippen LogP contribution in [0.2, 0.25) is 5.02 Å². The normalized spacial score (nSPS) is 32.0. The summed E-state index contributed by atoms with van der Waals surface area (Å²) in [6.45, 7) is 0. The molecule has 1 aliphatic heterocycles. The smallest absolute Gasteiger partial charge is 0.335 e. The van der Waals surface area contributed by atoms with Gasteiger partial charge in [-0.05, 0) is 84.4 Å². The van der Waals surface area contributed by atoms with Gasteiger partial charge in [0.15, 0.2) is 0 Å². The summed E-state index contributed by atoms with van der Waals surface area (Å²) in [4.78, 5) is 11.4. The van der Waals surface area contributed by atoms with Gasteiger partial charge in [0.25, 0.3) is 0 Å². The summed E-state index contributed by atoms with van der Waals surface area (Å²) >= 11 is 6.25. The van der Waals surface area contributed by atoms with Gasteiger partial charge in [0, 0.05) is 10.7 Å². The molecule has 128 valence electrons. The van der Waals surface area contributed by atoms with Crippen LogP contribution in [0, 0.1) is 17.8 Å². The van der Waals surface area contributed by atoms with Crippen molar-refractivity contribution >= 4 is 23.3 Å². The topological polar surface area (TPSA) is 49.3 Å². The second-order valence-electron chi connectivity index (χ2n) is 7.72. The van der Waals surface area contributed by atoms with Crippen LogP contribution in [-0.4, -0.2) is 11.1 Å². The highest BCUT2D eigenvalue weighted by Crippen LogP contribution is 2.63. The van der Waals surface area contributed by atoms with E-state index in [9.17, 15) is 9.90 Å². The molecule has 2 aromatic rings. The van der Waals surface area contributed by atoms with E-state index in [4.69, 9.17) is 11.6 Å². The van der Waals surface area contributed by atoms with Crippen molar-refractivity contribution in [2.24, 2.45) is 17.8 Å². The molecule has 0 unspecified atom stereocenters. The molecule has 2 bridgehead atoms. The van der Waals surface area contributed by atoms with Crippen molar-refractivity contribution in [3.8, 4) is 0 Å². The first-order valence-electron chi connectivity index (χ1n) is 9.01. The van der Waals surface area contributed by atoms with E-state index in [-0.39, 0.29) is 6.04 Å². The van der Waals surface area contributed by atoms with Crippen LogP contribution in [0.4, 0.5) is 5.69 Å². The van der Waals surface area contributed by atoms with Gasteiger partial charge in [-0.3, -0.25) is 0 Å². The van der Waals surface area contributed by atoms with E-state index in [1.54, 1.807) is 6.07 Å². The number of carbonyl (C=O) groups is 1. The number of halogens is 1. The van der Waals surface area contributed by atoms with E-state index in [0.29, 0.717) is 29.2 Å². The van der Waals surface area contributed by atoms with E-state index >= 15 is 0 Å². The summed E-state index contributed by atoms with van der Waals surface area (Å²) in [6.07, 6.45) is 3.83. The molecular formula is C21H20ClNO2. The summed E-state index contributed by atoms with van der Waals surface area (Å²) in [7, 11) is 0. The number of anilines is 1. The largest absolute Gasteiger partial charge is 0.478 e. The highest BCUT2D eigenvalue weighted by atomic mass is 35.5. The second-order valence-corrected chi connectivity index (χ2v) is 8.16. The van der Waals surface area contributed by atoms with E-state index in [1.165, 1.54) is 30.4 Å². The van der Waals surface area contributed by atoms with Crippen molar-refractivity contribution in [2.45, 2.75) is 31.2 Å². The van der Waals surface area contributed by atoms with E-state index < -0.39 is 5.97 Å². The summed E-state index contributed by atoms with van der Waals surface area (Å²) < 4.78 is 0. The highest BCUT2D eigenvalue weighted by Gasteiger charge is 2.53. The van der Waals surface area contributed by atoms with E-state index in [1.807, 2.05) is 24.3 Å². The van der Waals surface area contributed by atoms with Crippen LogP contribution in [0.15, 0.2) is 42.5 Å². The number of aromatic carboxylic acids is 1. The van der Waals surface area contributed by atoms with Crippen LogP contribution in [0.3, 0.4) is 0 Å². The zero-order valence-electron chi connectivity index (χ0n) is 13.8. The van der Waals surface area contributed by atoms with Crippen LogP contribution in [0.5, 0.6) is 0 Å². The second kappa shape index (κ2) is 5.50. The first-order chi connectivity index (χ1) is 12.1. The van der Waals surface area contributed by atoms with Gasteiger partial charge in [-0.1, -0.05) is 23.7 Å². The third-order valence-corrected chi connectivity index (χ3v) is 6.78. The Hall–Kier alpha value is -2.00. The maximum Gasteiger partial charge on any atom is 0.335 e. The lowest BCUT2D eigenvalue weighted by Gasteiger charge is -2.43. The van der Waals surface area contributed by atoms with Crippen molar-refractivity contribution < 1.29 is 9.90 Å². The number of nitrogens with one attached hydrogen (secondary N) is 1. The van der Waals surface area contributed by atoms with Crippen LogP contribution in [-0.2, 0) is 0 Å². The SMILES string of the molecule is O=C(O)c1ccc2c(c1)[C@@H]1[C@H]3CC[C@@H](C3)[C@H]1[C@@H](c1cccc(Cl)c1)N2. The van der Waals surface area contributed by atoms with Gasteiger partial charge in [0.2, 0.25) is 0 Å². The summed E-state index contributed by atoms with van der Waals surface area (Å²) in [5.74, 6) is 1.53. The Kier molecular flexibility index (Phi) is 3.36. The average Bonchev–Trinajstić information content (AvgIpc) is 3.22. The summed E-state index contributed by atoms with van der Waals surface area (Å²) in [5.41, 5.74) is 3.92. The van der Waals surface area contributed by atoms with Crippen molar-refractivity contribution in [1.82, 2.24) is 0 Å². The lowest BCUT2D eigenvalue weighted by molar-refractivity contribution is 0.0696. The molecule has 5 rings (SSSR count). The van der Waals surface area contributed by atoms with Crippen LogP contribution in [0.25, 0.3) is 0 Å². The molecule has 0 aromatic heterocycles. The highest BCUT2D eigenvalue weighted by molar-refractivity contribution is 6.30. The Bertz CT molecular complexity index is 865. The fraction of sp³-hybridized carbons (Fsp3) is 0.381. The minimum absolute atomic E-state index is 0.252. The maximum absolute atomic E-state index is 11.4. The van der Waals surface area contributed by atoms with Crippen molar-refractivity contribution in [3.63, 3.8) is 0 Å². The number of hydrogen-bond acceptors (Lipinski definition) is 2. The zero-order chi connectivity index (χ0) is 17.1. The predicted octanol–water partition coefficient (Wildman–Crippen LogP) is 5.33. The molecular weight excluding hydrogens is 334 g/mol. The molecule has 25 heavy (non-hydrogen) atoms. The standard InChI is InChI=1S/C21H20ClNO2/c22-15-3-1-2-13(9-15)20-19-12-5-4-11(8-12)18(19)16-10-14(21(24)25)6-7-17(16)23-20/h1-3,6-7,9-12,18-20,23H,4-5,8H2,(H,24,25)/t11-,12-,18-,19+,20+/m0/s1. The minimum Gasteiger partial charge on any atom is -0.478 e. The summed E-state index contributed by atoms with van der Waals surface area (Å²) in [6, 6.07) is 14.0. The molecule has 0 saturated heterocycles. The lowest BCUT2D eigenvalue weighted by Crippen LogP contribution is -2.35. The minimum atomic E-state index is -0.848. The Labute approximate surface area is 152 Å². The molecule has 2 aliphatic carbocycles. The zero-order valence-corrected chi connectivity index (χ0v) is 14.5. The molecule has 1 heterocycles. The van der Waals surface area contributed by atoms with Gasteiger partial charge in [-0.2, -0.15) is 0 Å². The number of benzene rings is 2. The van der Waals surface area contributed by atoms with Gasteiger partial charge in [0.05, 0.1) is 11.6 Å². The molecule has 4 heteroatoms. The van der Waals surface area contributed by atoms with Crippen LogP contribution < -0.4 is 5.32 Å². The molecule has 0 amide bonds. The van der Waals surface area contributed by atoms with Gasteiger partial charge in [-0.15, -0.1) is 0 Å². The fourth-order valence-corrected chi connectivity index (χ4v) is 5.85. The predicted molar refractivity (Wildman–Crippen MR) is 98.3 cm³/mol. The van der Waals surface area contributed by atoms with E-state index in [2.05, 4.69) is 17.4 Å². The number of rotatable bonds is 2. The quantitative estimate of drug-likeness (QED) is 0.766. The monoisotopic (exact) mass is 353 g/mol. The summed E-state index contributed by atoms with van der Waals surface area (Å²) in [5, 5.41) is 13.9. The van der Waals surface area contributed by atoms with Gasteiger partial charge in [0.1, 0.15) is 0 Å². The van der Waals surface area contributed by atoms with Crippen molar-refractivity contribution in [3.05, 3.63) is 64.2 Å². The van der Waals surface area contributed by atoms with Crippen molar-refractivity contribution in [1.29, 1.82) is 0 Å². The van der Waals surface area contributed by atoms with Crippen LogP contribution >= 0.6 is 11.6 Å². The number of fused-ring (bicyclic) bond motifs is 7. The fourth-order valence-electron chi connectivity index (χ4n) is 5.65. The van der Waals surface area contributed by atoms with Crippen LogP contribution in [0.1, 0.15) is 52.7 Å². The molecule has 5 atom stereocenters. The maximum atomic E-state index is 11.4. The van der Waals surface area contributed by atoms with E-state index in [0.717, 1.165) is 10.7 Å². The molecule has 0 radical (unpaired) electrons. The Morgan fingerprint density at radius 1 is 1.12 bits per heavy atom. The molecule has 3 nitrogen and oxygen atoms in total. The molecule has 2 saturated carbocycles. The van der Waals surface area contributed by atoms with Gasteiger partial charge in [-0.25, -0.2) is 4.79 Å². The number of carboxylic acid groups (broad SMARTS) is 1.